The second-order valence-electron chi connectivity index (χ2n) is 4.84. The number of carbonyl (C=O) groups is 1. The number of aliphatic carboxylic acids is 1. The fraction of sp³-hybridized carbons (Fsp3) is 0. The molecule has 3 rings (SSSR count). The van der Waals surface area contributed by atoms with E-state index in [-0.39, 0.29) is 5.76 Å². The van der Waals surface area contributed by atoms with E-state index in [0.29, 0.717) is 5.75 Å². The SMILES string of the molecule is O=C(O)C(=Cc1ccccc1)Oc1ccc2ccccc2c1. The highest BCUT2D eigenvalue weighted by atomic mass is 16.5. The first-order chi connectivity index (χ1) is 10.7. The minimum absolute atomic E-state index is 0.110. The van der Waals surface area contributed by atoms with E-state index in [0.717, 1.165) is 16.3 Å². The number of benzene rings is 3. The molecular weight excluding hydrogens is 276 g/mol. The number of ether oxygens (including phenoxy) is 1. The molecule has 0 saturated carbocycles. The third kappa shape index (κ3) is 3.15. The smallest absolute Gasteiger partial charge is 0.371 e. The highest BCUT2D eigenvalue weighted by molar-refractivity contribution is 5.91. The van der Waals surface area contributed by atoms with Crippen molar-refractivity contribution in [1.82, 2.24) is 0 Å². The van der Waals surface area contributed by atoms with Gasteiger partial charge in [-0.1, -0.05) is 60.7 Å². The molecule has 108 valence electrons. The van der Waals surface area contributed by atoms with Gasteiger partial charge in [-0.2, -0.15) is 0 Å². The summed E-state index contributed by atoms with van der Waals surface area (Å²) in [4.78, 5) is 11.4. The molecule has 0 aromatic heterocycles. The number of hydrogen-bond acceptors (Lipinski definition) is 2. The van der Waals surface area contributed by atoms with Gasteiger partial charge in [0.15, 0.2) is 0 Å². The van der Waals surface area contributed by atoms with Crippen LogP contribution >= 0.6 is 0 Å². The fourth-order valence-electron chi connectivity index (χ4n) is 2.19. The molecule has 0 aliphatic rings. The first-order valence-electron chi connectivity index (χ1n) is 6.89. The molecule has 0 fully saturated rings. The monoisotopic (exact) mass is 290 g/mol. The molecular formula is C19H14O3. The quantitative estimate of drug-likeness (QED) is 0.574. The standard InChI is InChI=1S/C19H14O3/c20-19(21)18(12-14-6-2-1-3-7-14)22-17-11-10-15-8-4-5-9-16(15)13-17/h1-13H,(H,20,21). The van der Waals surface area contributed by atoms with Crippen LogP contribution in [0.5, 0.6) is 5.75 Å². The van der Waals surface area contributed by atoms with Crippen LogP contribution in [0.1, 0.15) is 5.56 Å². The first-order valence-corrected chi connectivity index (χ1v) is 6.89. The number of carboxylic acids is 1. The Kier molecular flexibility index (Phi) is 3.88. The molecule has 0 aliphatic heterocycles. The summed E-state index contributed by atoms with van der Waals surface area (Å²) < 4.78 is 5.55. The van der Waals surface area contributed by atoms with Crippen LogP contribution in [0.3, 0.4) is 0 Å². The van der Waals surface area contributed by atoms with E-state index in [1.165, 1.54) is 6.08 Å². The summed E-state index contributed by atoms with van der Waals surface area (Å²) in [7, 11) is 0. The maximum absolute atomic E-state index is 11.4. The summed E-state index contributed by atoms with van der Waals surface area (Å²) in [6, 6.07) is 22.6. The van der Waals surface area contributed by atoms with Crippen molar-refractivity contribution in [2.24, 2.45) is 0 Å². The van der Waals surface area contributed by atoms with Gasteiger partial charge in [0, 0.05) is 0 Å². The van der Waals surface area contributed by atoms with Crippen molar-refractivity contribution < 1.29 is 14.6 Å². The van der Waals surface area contributed by atoms with Gasteiger partial charge in [-0.05, 0) is 34.5 Å². The lowest BCUT2D eigenvalue weighted by molar-refractivity contribution is -0.134. The van der Waals surface area contributed by atoms with Crippen LogP contribution in [0, 0.1) is 0 Å². The lowest BCUT2D eigenvalue weighted by atomic mass is 10.1. The fourth-order valence-corrected chi connectivity index (χ4v) is 2.19. The van der Waals surface area contributed by atoms with Crippen molar-refractivity contribution in [2.75, 3.05) is 0 Å². The van der Waals surface area contributed by atoms with Crippen molar-refractivity contribution >= 4 is 22.8 Å². The molecule has 3 aromatic carbocycles. The predicted molar refractivity (Wildman–Crippen MR) is 86.6 cm³/mol. The van der Waals surface area contributed by atoms with Crippen LogP contribution in [0.2, 0.25) is 0 Å². The Labute approximate surface area is 128 Å². The molecule has 0 saturated heterocycles. The Balaban J connectivity index is 1.93. The van der Waals surface area contributed by atoms with E-state index in [4.69, 9.17) is 4.74 Å². The summed E-state index contributed by atoms with van der Waals surface area (Å²) in [5.74, 6) is -0.707. The number of hydrogen-bond donors (Lipinski definition) is 1. The van der Waals surface area contributed by atoms with Crippen LogP contribution in [0.25, 0.3) is 16.8 Å². The molecule has 0 bridgehead atoms. The molecule has 1 N–H and O–H groups in total. The van der Waals surface area contributed by atoms with Crippen LogP contribution in [-0.2, 0) is 4.79 Å². The van der Waals surface area contributed by atoms with Gasteiger partial charge in [0.25, 0.3) is 0 Å². The zero-order valence-corrected chi connectivity index (χ0v) is 11.8. The average molecular weight is 290 g/mol. The van der Waals surface area contributed by atoms with Crippen molar-refractivity contribution in [2.45, 2.75) is 0 Å². The minimum Gasteiger partial charge on any atom is -0.475 e. The van der Waals surface area contributed by atoms with Gasteiger partial charge in [0.2, 0.25) is 5.76 Å². The molecule has 0 unspecified atom stereocenters. The van der Waals surface area contributed by atoms with Gasteiger partial charge in [0.05, 0.1) is 0 Å². The Morgan fingerprint density at radius 3 is 2.27 bits per heavy atom. The summed E-state index contributed by atoms with van der Waals surface area (Å²) in [5, 5.41) is 11.4. The lowest BCUT2D eigenvalue weighted by Gasteiger charge is -2.07. The van der Waals surface area contributed by atoms with Gasteiger partial charge < -0.3 is 9.84 Å². The van der Waals surface area contributed by atoms with Crippen LogP contribution in [-0.4, -0.2) is 11.1 Å². The third-order valence-corrected chi connectivity index (χ3v) is 3.26. The number of fused-ring (bicyclic) bond motifs is 1. The van der Waals surface area contributed by atoms with Crippen molar-refractivity contribution in [3.05, 3.63) is 84.1 Å². The van der Waals surface area contributed by atoms with Gasteiger partial charge >= 0.3 is 5.97 Å². The van der Waals surface area contributed by atoms with E-state index >= 15 is 0 Å². The second kappa shape index (κ2) is 6.14. The summed E-state index contributed by atoms with van der Waals surface area (Å²) in [6.07, 6.45) is 1.51. The highest BCUT2D eigenvalue weighted by Crippen LogP contribution is 2.22. The third-order valence-electron chi connectivity index (χ3n) is 3.26. The van der Waals surface area contributed by atoms with E-state index in [1.807, 2.05) is 66.7 Å². The highest BCUT2D eigenvalue weighted by Gasteiger charge is 2.10. The van der Waals surface area contributed by atoms with E-state index in [1.54, 1.807) is 6.07 Å². The van der Waals surface area contributed by atoms with Crippen LogP contribution in [0.4, 0.5) is 0 Å². The zero-order chi connectivity index (χ0) is 15.4. The molecule has 0 radical (unpaired) electrons. The summed E-state index contributed by atoms with van der Waals surface area (Å²) >= 11 is 0. The molecule has 0 heterocycles. The lowest BCUT2D eigenvalue weighted by Crippen LogP contribution is -2.07. The van der Waals surface area contributed by atoms with E-state index in [9.17, 15) is 9.90 Å². The zero-order valence-electron chi connectivity index (χ0n) is 11.8. The predicted octanol–water partition coefficient (Wildman–Crippen LogP) is 4.34. The Morgan fingerprint density at radius 2 is 1.55 bits per heavy atom. The molecule has 0 aliphatic carbocycles. The Bertz CT molecular complexity index is 835. The molecule has 0 spiro atoms. The largest absolute Gasteiger partial charge is 0.475 e. The topological polar surface area (TPSA) is 46.5 Å². The van der Waals surface area contributed by atoms with Gasteiger partial charge in [-0.25, -0.2) is 4.79 Å². The molecule has 3 nitrogen and oxygen atoms in total. The number of carboxylic acid groups (broad SMARTS) is 1. The first kappa shape index (κ1) is 13.9. The van der Waals surface area contributed by atoms with Crippen LogP contribution < -0.4 is 4.74 Å². The van der Waals surface area contributed by atoms with Crippen molar-refractivity contribution in [3.8, 4) is 5.75 Å². The van der Waals surface area contributed by atoms with E-state index in [2.05, 4.69) is 0 Å². The second-order valence-corrected chi connectivity index (χ2v) is 4.84. The van der Waals surface area contributed by atoms with Gasteiger partial charge in [-0.15, -0.1) is 0 Å². The summed E-state index contributed by atoms with van der Waals surface area (Å²) in [5.41, 5.74) is 0.778. The number of rotatable bonds is 4. The minimum atomic E-state index is -1.10. The summed E-state index contributed by atoms with van der Waals surface area (Å²) in [6.45, 7) is 0. The van der Waals surface area contributed by atoms with Gasteiger partial charge in [-0.3, -0.25) is 0 Å². The normalized spacial score (nSPS) is 11.4. The van der Waals surface area contributed by atoms with Crippen LogP contribution in [0.15, 0.2) is 78.6 Å². The maximum Gasteiger partial charge on any atom is 0.371 e. The Morgan fingerprint density at radius 1 is 0.864 bits per heavy atom. The molecule has 0 amide bonds. The van der Waals surface area contributed by atoms with Gasteiger partial charge in [0.1, 0.15) is 5.75 Å². The Hall–Kier alpha value is -3.07. The van der Waals surface area contributed by atoms with Crippen molar-refractivity contribution in [1.29, 1.82) is 0 Å². The van der Waals surface area contributed by atoms with E-state index < -0.39 is 5.97 Å². The molecule has 3 aromatic rings. The maximum atomic E-state index is 11.4. The molecule has 3 heteroatoms. The molecule has 22 heavy (non-hydrogen) atoms. The molecule has 0 atom stereocenters. The average Bonchev–Trinajstić information content (AvgIpc) is 2.55. The van der Waals surface area contributed by atoms with Crippen molar-refractivity contribution in [3.63, 3.8) is 0 Å².